The number of benzene rings is 1. The van der Waals surface area contributed by atoms with Crippen LogP contribution in [-0.4, -0.2) is 42.8 Å². The Balaban J connectivity index is 3.17. The van der Waals surface area contributed by atoms with Crippen molar-refractivity contribution in [3.63, 3.8) is 0 Å². The molecule has 0 bridgehead atoms. The van der Waals surface area contributed by atoms with Crippen LogP contribution in [0.15, 0.2) is 37.4 Å². The second kappa shape index (κ2) is 10.6. The van der Waals surface area contributed by atoms with Crippen LogP contribution in [-0.2, 0) is 25.5 Å². The first-order valence-corrected chi connectivity index (χ1v) is 9.37. The number of esters is 1. The summed E-state index contributed by atoms with van der Waals surface area (Å²) < 4.78 is 15.3. The monoisotopic (exact) mass is 418 g/mol. The van der Waals surface area contributed by atoms with E-state index in [2.05, 4.69) is 18.5 Å². The third-order valence-electron chi connectivity index (χ3n) is 3.87. The molecule has 0 aliphatic rings. The number of hydrogen-bond donors (Lipinski definition) is 2. The molecule has 0 spiro atoms. The fourth-order valence-electron chi connectivity index (χ4n) is 2.39. The normalized spacial score (nSPS) is 12.9. The quantitative estimate of drug-likeness (QED) is 0.379. The van der Waals surface area contributed by atoms with Crippen LogP contribution in [0.2, 0.25) is 0 Å². The molecule has 0 unspecified atom stereocenters. The molecule has 0 radical (unpaired) electrons. The zero-order chi connectivity index (χ0) is 23.1. The number of carbonyl (C=O) groups is 3. The first kappa shape index (κ1) is 24.9. The summed E-state index contributed by atoms with van der Waals surface area (Å²) in [6.07, 6.45) is 0.788. The average molecular weight is 418 g/mol. The minimum atomic E-state index is -0.934. The van der Waals surface area contributed by atoms with E-state index < -0.39 is 35.7 Å². The van der Waals surface area contributed by atoms with Crippen LogP contribution >= 0.6 is 0 Å². The molecular formula is C22H30N2O6. The van der Waals surface area contributed by atoms with Gasteiger partial charge in [-0.25, -0.2) is 9.59 Å². The van der Waals surface area contributed by atoms with E-state index >= 15 is 0 Å². The SMILES string of the molecule is C=CC(=C)c1cc(C[C@H](NC(=O)[C@H](C)N)C(=O)OC)ccc1OC(=O)OC(C)(C)C. The second-order valence-electron chi connectivity index (χ2n) is 7.70. The van der Waals surface area contributed by atoms with Crippen LogP contribution in [0.25, 0.3) is 5.57 Å². The lowest BCUT2D eigenvalue weighted by atomic mass is 9.99. The molecule has 164 valence electrons. The highest BCUT2D eigenvalue weighted by Crippen LogP contribution is 2.28. The molecule has 1 amide bonds. The van der Waals surface area contributed by atoms with Crippen molar-refractivity contribution >= 4 is 23.6 Å². The summed E-state index contributed by atoms with van der Waals surface area (Å²) in [5.74, 6) is -0.861. The Labute approximate surface area is 177 Å². The lowest BCUT2D eigenvalue weighted by Gasteiger charge is -2.20. The molecule has 1 aromatic carbocycles. The standard InChI is InChI=1S/C22H30N2O6/c1-8-13(2)16-11-15(9-10-18(16)29-21(27)30-22(4,5)6)12-17(20(26)28-7)24-19(25)14(3)23/h8-11,14,17H,1-2,12,23H2,3-7H3,(H,24,25)/t14-,17-/m0/s1. The van der Waals surface area contributed by atoms with Crippen molar-refractivity contribution in [3.8, 4) is 5.75 Å². The highest BCUT2D eigenvalue weighted by molar-refractivity contribution is 5.87. The highest BCUT2D eigenvalue weighted by atomic mass is 16.7. The van der Waals surface area contributed by atoms with Crippen LogP contribution in [0, 0.1) is 0 Å². The van der Waals surface area contributed by atoms with E-state index in [1.54, 1.807) is 39.0 Å². The van der Waals surface area contributed by atoms with Crippen molar-refractivity contribution in [1.82, 2.24) is 5.32 Å². The zero-order valence-electron chi connectivity index (χ0n) is 18.1. The number of amides is 1. The van der Waals surface area contributed by atoms with E-state index in [4.69, 9.17) is 19.9 Å². The van der Waals surface area contributed by atoms with Gasteiger partial charge in [-0.1, -0.05) is 25.3 Å². The molecule has 1 rings (SSSR count). The molecule has 8 nitrogen and oxygen atoms in total. The molecule has 8 heteroatoms. The Morgan fingerprint density at radius 3 is 2.40 bits per heavy atom. The van der Waals surface area contributed by atoms with Crippen molar-refractivity contribution in [2.24, 2.45) is 5.73 Å². The Kier molecular flexibility index (Phi) is 8.79. The minimum Gasteiger partial charge on any atom is -0.467 e. The molecule has 30 heavy (non-hydrogen) atoms. The first-order chi connectivity index (χ1) is 13.9. The lowest BCUT2D eigenvalue weighted by Crippen LogP contribution is -2.48. The summed E-state index contributed by atoms with van der Waals surface area (Å²) in [6, 6.07) is 3.20. The molecule has 0 fully saturated rings. The predicted molar refractivity (Wildman–Crippen MR) is 114 cm³/mol. The van der Waals surface area contributed by atoms with Gasteiger partial charge in [0, 0.05) is 12.0 Å². The van der Waals surface area contributed by atoms with Crippen molar-refractivity contribution in [1.29, 1.82) is 0 Å². The average Bonchev–Trinajstić information content (AvgIpc) is 2.65. The first-order valence-electron chi connectivity index (χ1n) is 9.37. The van der Waals surface area contributed by atoms with E-state index in [9.17, 15) is 14.4 Å². The van der Waals surface area contributed by atoms with Crippen LogP contribution in [0.1, 0.15) is 38.8 Å². The van der Waals surface area contributed by atoms with Gasteiger partial charge < -0.3 is 25.3 Å². The highest BCUT2D eigenvalue weighted by Gasteiger charge is 2.24. The molecule has 0 aliphatic carbocycles. The van der Waals surface area contributed by atoms with E-state index in [-0.39, 0.29) is 12.2 Å². The van der Waals surface area contributed by atoms with E-state index in [0.29, 0.717) is 16.7 Å². The third kappa shape index (κ3) is 7.71. The van der Waals surface area contributed by atoms with E-state index in [0.717, 1.165) is 0 Å². The van der Waals surface area contributed by atoms with Gasteiger partial charge >= 0.3 is 12.1 Å². The van der Waals surface area contributed by atoms with Crippen molar-refractivity contribution in [2.45, 2.75) is 51.8 Å². The molecule has 3 N–H and O–H groups in total. The molecule has 0 aromatic heterocycles. The molecule has 2 atom stereocenters. The zero-order valence-corrected chi connectivity index (χ0v) is 18.1. The number of hydrogen-bond acceptors (Lipinski definition) is 7. The number of methoxy groups -OCH3 is 1. The number of allylic oxidation sites excluding steroid dienone is 2. The largest absolute Gasteiger partial charge is 0.514 e. The second-order valence-corrected chi connectivity index (χ2v) is 7.70. The predicted octanol–water partition coefficient (Wildman–Crippen LogP) is 2.75. The number of nitrogens with one attached hydrogen (secondary N) is 1. The number of ether oxygens (including phenoxy) is 3. The van der Waals surface area contributed by atoms with Crippen LogP contribution in [0.3, 0.4) is 0 Å². The fourth-order valence-corrected chi connectivity index (χ4v) is 2.39. The number of nitrogens with two attached hydrogens (primary N) is 1. The van der Waals surface area contributed by atoms with Gasteiger partial charge in [0.2, 0.25) is 5.91 Å². The molecule has 0 aliphatic heterocycles. The summed E-state index contributed by atoms with van der Waals surface area (Å²) in [5.41, 5.74) is 6.53. The third-order valence-corrected chi connectivity index (χ3v) is 3.87. The maximum Gasteiger partial charge on any atom is 0.514 e. The maximum atomic E-state index is 12.1. The van der Waals surface area contributed by atoms with Gasteiger partial charge in [0.05, 0.1) is 13.2 Å². The van der Waals surface area contributed by atoms with Crippen LogP contribution in [0.4, 0.5) is 4.79 Å². The lowest BCUT2D eigenvalue weighted by molar-refractivity contribution is -0.145. The van der Waals surface area contributed by atoms with Crippen LogP contribution in [0.5, 0.6) is 5.75 Å². The molecular weight excluding hydrogens is 388 g/mol. The Morgan fingerprint density at radius 1 is 1.27 bits per heavy atom. The molecule has 1 aromatic rings. The van der Waals surface area contributed by atoms with Crippen molar-refractivity contribution in [2.75, 3.05) is 7.11 Å². The number of rotatable bonds is 8. The van der Waals surface area contributed by atoms with Gasteiger partial charge in [0.25, 0.3) is 0 Å². The fraction of sp³-hybridized carbons (Fsp3) is 0.409. The summed E-state index contributed by atoms with van der Waals surface area (Å²) in [5, 5.41) is 2.56. The van der Waals surface area contributed by atoms with Crippen molar-refractivity contribution < 1.29 is 28.6 Å². The van der Waals surface area contributed by atoms with Gasteiger partial charge in [0.1, 0.15) is 17.4 Å². The molecule has 0 saturated carbocycles. The van der Waals surface area contributed by atoms with Gasteiger partial charge in [-0.15, -0.1) is 0 Å². The topological polar surface area (TPSA) is 117 Å². The van der Waals surface area contributed by atoms with Gasteiger partial charge in [0.15, 0.2) is 0 Å². The van der Waals surface area contributed by atoms with Gasteiger partial charge in [-0.3, -0.25) is 4.79 Å². The van der Waals surface area contributed by atoms with Gasteiger partial charge in [-0.05, 0) is 51.0 Å². The van der Waals surface area contributed by atoms with Crippen LogP contribution < -0.4 is 15.8 Å². The summed E-state index contributed by atoms with van der Waals surface area (Å²) in [4.78, 5) is 36.1. The Bertz CT molecular complexity index is 823. The number of carbonyl (C=O) groups excluding carboxylic acids is 3. The maximum absolute atomic E-state index is 12.1. The summed E-state index contributed by atoms with van der Waals surface area (Å²) in [7, 11) is 1.23. The summed E-state index contributed by atoms with van der Waals surface area (Å²) >= 11 is 0. The van der Waals surface area contributed by atoms with E-state index in [1.807, 2.05) is 0 Å². The molecule has 0 heterocycles. The van der Waals surface area contributed by atoms with Gasteiger partial charge in [-0.2, -0.15) is 0 Å². The van der Waals surface area contributed by atoms with Crippen molar-refractivity contribution in [3.05, 3.63) is 48.6 Å². The Morgan fingerprint density at radius 2 is 1.90 bits per heavy atom. The smallest absolute Gasteiger partial charge is 0.467 e. The minimum absolute atomic E-state index is 0.134. The Hall–Kier alpha value is -3.13. The molecule has 0 saturated heterocycles. The summed E-state index contributed by atoms with van der Waals surface area (Å²) in [6.45, 7) is 14.3. The van der Waals surface area contributed by atoms with E-state index in [1.165, 1.54) is 20.1 Å².